The van der Waals surface area contributed by atoms with Crippen LogP contribution >= 0.6 is 0 Å². The average Bonchev–Trinajstić information content (AvgIpc) is 2.36. The molecule has 2 aromatic rings. The fourth-order valence-corrected chi connectivity index (χ4v) is 1.02. The topological polar surface area (TPSA) is 39.2 Å². The molecule has 0 saturated carbocycles. The molecule has 3 heteroatoms. The van der Waals surface area contributed by atoms with E-state index < -0.39 is 0 Å². The number of hydrogen-bond donors (Lipinski definition) is 1. The predicted octanol–water partition coefficient (Wildman–Crippen LogP) is 1.35. The van der Waals surface area contributed by atoms with Crippen LogP contribution < -0.4 is 5.73 Å². The van der Waals surface area contributed by atoms with Gasteiger partial charge in [-0.15, -0.1) is 0 Å². The van der Waals surface area contributed by atoms with E-state index in [1.54, 1.807) is 6.16 Å². The zero-order valence-electron chi connectivity index (χ0n) is 5.37. The molecule has 0 aliphatic heterocycles. The number of nitrogen functional groups attached to an aromatic ring is 1. The Bertz CT molecular complexity index is 355. The minimum absolute atomic E-state index is 0.697. The van der Waals surface area contributed by atoms with Crippen LogP contribution in [0.4, 0.5) is 5.69 Å². The standard InChI is InChI=1S/C7H6BNO/c9-6-3-1-2-5-7(6)10-4-8-5/h1-4H,9H2. The van der Waals surface area contributed by atoms with Gasteiger partial charge in [0, 0.05) is 0 Å². The van der Waals surface area contributed by atoms with Gasteiger partial charge in [-0.2, -0.15) is 0 Å². The molecule has 0 amide bonds. The summed E-state index contributed by atoms with van der Waals surface area (Å²) in [6, 6.07) is 5.70. The summed E-state index contributed by atoms with van der Waals surface area (Å²) in [7, 11) is 0. The van der Waals surface area contributed by atoms with E-state index in [1.165, 1.54) is 0 Å². The molecule has 1 aromatic carbocycles. The summed E-state index contributed by atoms with van der Waals surface area (Å²) in [5, 5.41) is 1.06. The maximum atomic E-state index is 5.61. The van der Waals surface area contributed by atoms with Crippen LogP contribution in [0.5, 0.6) is 0 Å². The summed E-state index contributed by atoms with van der Waals surface area (Å²) in [6.07, 6.45) is 1.64. The first-order chi connectivity index (χ1) is 4.88. The van der Waals surface area contributed by atoms with E-state index in [1.807, 2.05) is 25.1 Å². The van der Waals surface area contributed by atoms with E-state index in [2.05, 4.69) is 0 Å². The number of para-hydroxylation sites is 1. The number of nitrogens with two attached hydrogens (primary N) is 1. The molecular weight excluding hydrogens is 125 g/mol. The molecule has 0 aliphatic rings. The van der Waals surface area contributed by atoms with Gasteiger partial charge in [0.2, 0.25) is 0 Å². The van der Waals surface area contributed by atoms with Crippen LogP contribution in [0.25, 0.3) is 10.9 Å². The first kappa shape index (κ1) is 5.53. The van der Waals surface area contributed by atoms with Gasteiger partial charge in [0.15, 0.2) is 0 Å². The Labute approximate surface area is 58.8 Å². The third-order valence-corrected chi connectivity index (χ3v) is 1.51. The Morgan fingerprint density at radius 2 is 2.30 bits per heavy atom. The molecule has 0 spiro atoms. The van der Waals surface area contributed by atoms with Crippen molar-refractivity contribution in [3.8, 4) is 0 Å². The van der Waals surface area contributed by atoms with Crippen molar-refractivity contribution >= 4 is 23.5 Å². The van der Waals surface area contributed by atoms with Gasteiger partial charge in [-0.3, -0.25) is 0 Å². The molecule has 48 valence electrons. The molecule has 0 saturated heterocycles. The van der Waals surface area contributed by atoms with Crippen LogP contribution in [0.1, 0.15) is 0 Å². The zero-order chi connectivity index (χ0) is 6.97. The van der Waals surface area contributed by atoms with Gasteiger partial charge in [-0.25, -0.2) is 0 Å². The van der Waals surface area contributed by atoms with E-state index in [-0.39, 0.29) is 0 Å². The van der Waals surface area contributed by atoms with Crippen molar-refractivity contribution in [2.24, 2.45) is 0 Å². The van der Waals surface area contributed by atoms with Crippen molar-refractivity contribution in [3.63, 3.8) is 0 Å². The van der Waals surface area contributed by atoms with Gasteiger partial charge >= 0.3 is 58.0 Å². The second kappa shape index (κ2) is 1.87. The monoisotopic (exact) mass is 131 g/mol. The number of rotatable bonds is 0. The summed E-state index contributed by atoms with van der Waals surface area (Å²) in [4.78, 5) is 0. The van der Waals surface area contributed by atoms with E-state index in [0.717, 1.165) is 10.9 Å². The van der Waals surface area contributed by atoms with Crippen molar-refractivity contribution in [3.05, 3.63) is 24.4 Å². The summed E-state index contributed by atoms with van der Waals surface area (Å²) < 4.78 is 5.12. The Kier molecular flexibility index (Phi) is 1.03. The predicted molar refractivity (Wildman–Crippen MR) is 42.0 cm³/mol. The average molecular weight is 131 g/mol. The SMILES string of the molecule is Nc1cccc2bcoc12. The van der Waals surface area contributed by atoms with Crippen molar-refractivity contribution in [1.29, 1.82) is 0 Å². The zero-order valence-corrected chi connectivity index (χ0v) is 5.37. The number of fused-ring (bicyclic) bond motifs is 1. The molecule has 0 bridgehead atoms. The Morgan fingerprint density at radius 1 is 1.40 bits per heavy atom. The molecule has 0 fully saturated rings. The second-order valence-corrected chi connectivity index (χ2v) is 2.19. The molecule has 2 nitrogen and oxygen atoms in total. The maximum absolute atomic E-state index is 5.61. The quantitative estimate of drug-likeness (QED) is 0.548. The van der Waals surface area contributed by atoms with Crippen LogP contribution in [0, 0.1) is 0 Å². The van der Waals surface area contributed by atoms with Gasteiger partial charge in [0.25, 0.3) is 0 Å². The van der Waals surface area contributed by atoms with Crippen molar-refractivity contribution in [1.82, 2.24) is 0 Å². The Morgan fingerprint density at radius 3 is 3.10 bits per heavy atom. The summed E-state index contributed by atoms with van der Waals surface area (Å²) in [6.45, 7) is 1.89. The van der Waals surface area contributed by atoms with Gasteiger partial charge in [0.1, 0.15) is 0 Å². The molecule has 1 aromatic heterocycles. The van der Waals surface area contributed by atoms with E-state index >= 15 is 0 Å². The summed E-state index contributed by atoms with van der Waals surface area (Å²) >= 11 is 0. The molecule has 10 heavy (non-hydrogen) atoms. The van der Waals surface area contributed by atoms with Crippen LogP contribution in [-0.4, -0.2) is 6.91 Å². The normalized spacial score (nSPS) is 10.0. The van der Waals surface area contributed by atoms with Gasteiger partial charge in [-0.1, -0.05) is 0 Å². The van der Waals surface area contributed by atoms with Gasteiger partial charge in [0.05, 0.1) is 0 Å². The molecular formula is C7H6BNO. The van der Waals surface area contributed by atoms with Crippen molar-refractivity contribution < 1.29 is 4.42 Å². The number of anilines is 1. The van der Waals surface area contributed by atoms with Crippen molar-refractivity contribution in [2.75, 3.05) is 5.73 Å². The van der Waals surface area contributed by atoms with Crippen molar-refractivity contribution in [2.45, 2.75) is 0 Å². The number of hydrogen-bond acceptors (Lipinski definition) is 2. The molecule has 2 N–H and O–H groups in total. The van der Waals surface area contributed by atoms with Crippen LogP contribution in [0.3, 0.4) is 0 Å². The van der Waals surface area contributed by atoms with E-state index in [0.29, 0.717) is 5.69 Å². The Hall–Kier alpha value is -1.25. The summed E-state index contributed by atoms with van der Waals surface area (Å²) in [5.41, 5.74) is 7.08. The molecule has 0 aliphatic carbocycles. The second-order valence-electron chi connectivity index (χ2n) is 2.19. The fourth-order valence-electron chi connectivity index (χ4n) is 1.02. The third kappa shape index (κ3) is 0.636. The molecule has 2 rings (SSSR count). The first-order valence-corrected chi connectivity index (χ1v) is 3.09. The van der Waals surface area contributed by atoms with Crippen LogP contribution in [0.15, 0.2) is 28.8 Å². The van der Waals surface area contributed by atoms with Gasteiger partial charge < -0.3 is 0 Å². The molecule has 0 atom stereocenters. The molecule has 1 heterocycles. The third-order valence-electron chi connectivity index (χ3n) is 1.51. The van der Waals surface area contributed by atoms with Crippen LogP contribution in [-0.2, 0) is 0 Å². The summed E-state index contributed by atoms with van der Waals surface area (Å²) in [5.74, 6) is 0. The number of benzene rings is 1. The Balaban J connectivity index is 2.95. The van der Waals surface area contributed by atoms with Gasteiger partial charge in [-0.05, 0) is 0 Å². The fraction of sp³-hybridized carbons (Fsp3) is 0. The molecule has 0 unspecified atom stereocenters. The first-order valence-electron chi connectivity index (χ1n) is 3.09. The molecule has 0 radical (unpaired) electrons. The minimum atomic E-state index is 0.697. The van der Waals surface area contributed by atoms with Crippen LogP contribution in [0.2, 0.25) is 0 Å². The van der Waals surface area contributed by atoms with E-state index in [9.17, 15) is 0 Å². The van der Waals surface area contributed by atoms with E-state index in [4.69, 9.17) is 10.2 Å².